The molecule has 2 aromatic carbocycles. The van der Waals surface area contributed by atoms with Gasteiger partial charge < -0.3 is 15.1 Å². The summed E-state index contributed by atoms with van der Waals surface area (Å²) >= 11 is 5.90. The molecule has 1 aliphatic heterocycles. The van der Waals surface area contributed by atoms with Crippen molar-refractivity contribution < 1.29 is 4.79 Å². The smallest absolute Gasteiger partial charge is 0.246 e. The van der Waals surface area contributed by atoms with E-state index in [1.807, 2.05) is 6.07 Å². The Hall–Kier alpha value is -3.65. The predicted octanol–water partition coefficient (Wildman–Crippen LogP) is 3.45. The van der Waals surface area contributed by atoms with Crippen LogP contribution in [0.1, 0.15) is 0 Å². The molecule has 1 N–H and O–H groups in total. The Morgan fingerprint density at radius 1 is 0.938 bits per heavy atom. The van der Waals surface area contributed by atoms with Crippen molar-refractivity contribution in [2.45, 2.75) is 6.54 Å². The van der Waals surface area contributed by atoms with Crippen molar-refractivity contribution in [3.63, 3.8) is 0 Å². The van der Waals surface area contributed by atoms with Crippen LogP contribution in [0.4, 0.5) is 17.2 Å². The molecule has 0 saturated carbocycles. The van der Waals surface area contributed by atoms with Crippen molar-refractivity contribution in [2.75, 3.05) is 41.3 Å². The van der Waals surface area contributed by atoms with Crippen LogP contribution in [0.2, 0.25) is 5.02 Å². The Kier molecular flexibility index (Phi) is 5.60. The first kappa shape index (κ1) is 20.3. The number of nitrogens with zero attached hydrogens (tertiary/aromatic N) is 6. The fourth-order valence-electron chi connectivity index (χ4n) is 3.93. The lowest BCUT2D eigenvalue weighted by molar-refractivity contribution is -0.116. The second-order valence-corrected chi connectivity index (χ2v) is 8.04. The molecule has 162 valence electrons. The first-order valence-electron chi connectivity index (χ1n) is 10.4. The Labute approximate surface area is 190 Å². The molecule has 2 aromatic heterocycles. The molecule has 1 amide bonds. The monoisotopic (exact) mass is 447 g/mol. The molecule has 0 spiro atoms. The zero-order valence-corrected chi connectivity index (χ0v) is 18.1. The number of fused-ring (bicyclic) bond motifs is 1. The molecule has 0 radical (unpaired) electrons. The van der Waals surface area contributed by atoms with Gasteiger partial charge in [0.05, 0.1) is 11.6 Å². The molecule has 0 unspecified atom stereocenters. The molecule has 1 saturated heterocycles. The van der Waals surface area contributed by atoms with Crippen LogP contribution in [0.5, 0.6) is 0 Å². The molecule has 1 fully saturated rings. The van der Waals surface area contributed by atoms with Crippen LogP contribution in [0.25, 0.3) is 11.0 Å². The van der Waals surface area contributed by atoms with Crippen molar-refractivity contribution in [1.29, 1.82) is 0 Å². The van der Waals surface area contributed by atoms with Gasteiger partial charge in [0.1, 0.15) is 18.7 Å². The third-order valence-corrected chi connectivity index (χ3v) is 5.79. The third kappa shape index (κ3) is 4.22. The highest BCUT2D eigenvalue weighted by Crippen LogP contribution is 2.25. The zero-order valence-electron chi connectivity index (χ0n) is 17.4. The summed E-state index contributed by atoms with van der Waals surface area (Å²) in [4.78, 5) is 26.0. The maximum atomic E-state index is 12.5. The molecule has 0 atom stereocenters. The standard InChI is InChI=1S/C23H22ClN7O/c24-17-6-8-18(9-7-17)28-21(32)15-31-23-20(14-27-31)22(25-16-26-23)30-12-10-29(11-13-30)19-4-2-1-3-5-19/h1-9,14,16H,10-13,15H2,(H,28,32). The Morgan fingerprint density at radius 3 is 2.41 bits per heavy atom. The number of rotatable bonds is 5. The number of aromatic nitrogens is 4. The molecule has 9 heteroatoms. The van der Waals surface area contributed by atoms with Gasteiger partial charge in [-0.2, -0.15) is 5.10 Å². The largest absolute Gasteiger partial charge is 0.368 e. The molecule has 1 aliphatic rings. The topological polar surface area (TPSA) is 79.2 Å². The van der Waals surface area contributed by atoms with E-state index in [9.17, 15) is 4.79 Å². The van der Waals surface area contributed by atoms with Gasteiger partial charge in [-0.25, -0.2) is 14.6 Å². The summed E-state index contributed by atoms with van der Waals surface area (Å²) in [7, 11) is 0. The normalized spacial score (nSPS) is 14.0. The van der Waals surface area contributed by atoms with Crippen LogP contribution in [0.15, 0.2) is 67.1 Å². The second kappa shape index (κ2) is 8.84. The van der Waals surface area contributed by atoms with Gasteiger partial charge in [0.2, 0.25) is 5.91 Å². The Morgan fingerprint density at radius 2 is 1.66 bits per heavy atom. The van der Waals surface area contributed by atoms with Crippen LogP contribution in [-0.4, -0.2) is 51.8 Å². The minimum absolute atomic E-state index is 0.0599. The first-order valence-corrected chi connectivity index (χ1v) is 10.8. The number of para-hydroxylation sites is 1. The Bertz CT molecular complexity index is 1220. The summed E-state index contributed by atoms with van der Waals surface area (Å²) in [5.74, 6) is 0.668. The number of carbonyl (C=O) groups excluding carboxylic acids is 1. The average Bonchev–Trinajstić information content (AvgIpc) is 3.24. The van der Waals surface area contributed by atoms with Crippen molar-refractivity contribution >= 4 is 45.7 Å². The number of benzene rings is 2. The summed E-state index contributed by atoms with van der Waals surface area (Å²) < 4.78 is 1.60. The number of anilines is 3. The average molecular weight is 448 g/mol. The van der Waals surface area contributed by atoms with E-state index in [-0.39, 0.29) is 12.5 Å². The van der Waals surface area contributed by atoms with Gasteiger partial charge >= 0.3 is 0 Å². The molecule has 3 heterocycles. The highest BCUT2D eigenvalue weighted by Gasteiger charge is 2.22. The first-order chi connectivity index (χ1) is 15.7. The molecule has 5 rings (SSSR count). The summed E-state index contributed by atoms with van der Waals surface area (Å²) in [6, 6.07) is 17.4. The summed E-state index contributed by atoms with van der Waals surface area (Å²) in [5.41, 5.74) is 2.56. The van der Waals surface area contributed by atoms with Gasteiger partial charge in [-0.05, 0) is 36.4 Å². The van der Waals surface area contributed by atoms with Crippen LogP contribution in [-0.2, 0) is 11.3 Å². The van der Waals surface area contributed by atoms with E-state index < -0.39 is 0 Å². The maximum absolute atomic E-state index is 12.5. The van der Waals surface area contributed by atoms with Crippen molar-refractivity contribution in [3.8, 4) is 0 Å². The number of hydrogen-bond donors (Lipinski definition) is 1. The van der Waals surface area contributed by atoms with Crippen LogP contribution in [0, 0.1) is 0 Å². The molecule has 0 aliphatic carbocycles. The predicted molar refractivity (Wildman–Crippen MR) is 126 cm³/mol. The summed E-state index contributed by atoms with van der Waals surface area (Å²) in [6.45, 7) is 3.58. The number of nitrogens with one attached hydrogen (secondary N) is 1. The van der Waals surface area contributed by atoms with Gasteiger partial charge in [0.15, 0.2) is 5.65 Å². The molecular formula is C23H22ClN7O. The van der Waals surface area contributed by atoms with Gasteiger partial charge in [0.25, 0.3) is 0 Å². The molecule has 32 heavy (non-hydrogen) atoms. The number of carbonyl (C=O) groups is 1. The number of amides is 1. The zero-order chi connectivity index (χ0) is 21.9. The van der Waals surface area contributed by atoms with E-state index in [1.54, 1.807) is 35.1 Å². The number of halogens is 1. The van der Waals surface area contributed by atoms with Gasteiger partial charge in [-0.1, -0.05) is 29.8 Å². The third-order valence-electron chi connectivity index (χ3n) is 5.53. The molecule has 4 aromatic rings. The Balaban J connectivity index is 1.29. The molecular weight excluding hydrogens is 426 g/mol. The number of piperazine rings is 1. The quantitative estimate of drug-likeness (QED) is 0.505. The lowest BCUT2D eigenvalue weighted by Crippen LogP contribution is -2.46. The van der Waals surface area contributed by atoms with Gasteiger partial charge in [-0.3, -0.25) is 4.79 Å². The second-order valence-electron chi connectivity index (χ2n) is 7.60. The maximum Gasteiger partial charge on any atom is 0.246 e. The van der Waals surface area contributed by atoms with Gasteiger partial charge in [0, 0.05) is 42.6 Å². The minimum atomic E-state index is -0.186. The van der Waals surface area contributed by atoms with E-state index in [4.69, 9.17) is 11.6 Å². The van der Waals surface area contributed by atoms with E-state index in [0.717, 1.165) is 37.4 Å². The van der Waals surface area contributed by atoms with Crippen LogP contribution in [0.3, 0.4) is 0 Å². The van der Waals surface area contributed by atoms with Crippen molar-refractivity contribution in [1.82, 2.24) is 19.7 Å². The van der Waals surface area contributed by atoms with Crippen LogP contribution < -0.4 is 15.1 Å². The molecule has 8 nitrogen and oxygen atoms in total. The highest BCUT2D eigenvalue weighted by molar-refractivity contribution is 6.30. The SMILES string of the molecule is O=C(Cn1ncc2c(N3CCN(c4ccccc4)CC3)ncnc21)Nc1ccc(Cl)cc1. The van der Waals surface area contributed by atoms with E-state index in [0.29, 0.717) is 16.4 Å². The lowest BCUT2D eigenvalue weighted by atomic mass is 10.2. The highest BCUT2D eigenvalue weighted by atomic mass is 35.5. The van der Waals surface area contributed by atoms with E-state index in [2.05, 4.69) is 54.4 Å². The van der Waals surface area contributed by atoms with E-state index >= 15 is 0 Å². The fraction of sp³-hybridized carbons (Fsp3) is 0.217. The van der Waals surface area contributed by atoms with Crippen molar-refractivity contribution in [3.05, 3.63) is 72.1 Å². The van der Waals surface area contributed by atoms with Crippen LogP contribution >= 0.6 is 11.6 Å². The molecule has 0 bridgehead atoms. The minimum Gasteiger partial charge on any atom is -0.368 e. The summed E-state index contributed by atoms with van der Waals surface area (Å²) in [6.07, 6.45) is 3.28. The van der Waals surface area contributed by atoms with E-state index in [1.165, 1.54) is 12.0 Å². The lowest BCUT2D eigenvalue weighted by Gasteiger charge is -2.36. The summed E-state index contributed by atoms with van der Waals surface area (Å²) in [5, 5.41) is 8.72. The fourth-order valence-corrected chi connectivity index (χ4v) is 4.06. The van der Waals surface area contributed by atoms with Crippen molar-refractivity contribution in [2.24, 2.45) is 0 Å². The number of hydrogen-bond acceptors (Lipinski definition) is 6. The van der Waals surface area contributed by atoms with Gasteiger partial charge in [-0.15, -0.1) is 0 Å².